The number of benzene rings is 1. The number of halogens is 2. The number of nitrogens with one attached hydrogen (secondary N) is 1. The molecular formula is C18H16FIN4OS. The first-order valence-corrected chi connectivity index (χ1v) is 10.1. The van der Waals surface area contributed by atoms with Crippen LogP contribution in [-0.2, 0) is 0 Å². The van der Waals surface area contributed by atoms with Gasteiger partial charge in [0, 0.05) is 34.3 Å². The minimum Gasteiger partial charge on any atom is -0.344 e. The highest BCUT2D eigenvalue weighted by Gasteiger charge is 2.29. The summed E-state index contributed by atoms with van der Waals surface area (Å²) in [4.78, 5) is 20.0. The maximum atomic E-state index is 14.3. The summed E-state index contributed by atoms with van der Waals surface area (Å²) < 4.78 is 15.1. The van der Waals surface area contributed by atoms with Crippen molar-refractivity contribution in [3.63, 3.8) is 0 Å². The fourth-order valence-electron chi connectivity index (χ4n) is 3.08. The molecule has 2 aromatic heterocycles. The van der Waals surface area contributed by atoms with E-state index in [0.29, 0.717) is 29.3 Å². The SMILES string of the molecule is N[C@@H]1CCN(C(=O)c2c(Nc3ccc(I)cc3F)sc3ncccc23)C1. The van der Waals surface area contributed by atoms with Gasteiger partial charge in [0.2, 0.25) is 0 Å². The average molecular weight is 482 g/mol. The van der Waals surface area contributed by atoms with E-state index in [1.807, 2.05) is 12.1 Å². The summed E-state index contributed by atoms with van der Waals surface area (Å²) in [5.74, 6) is -0.450. The Bertz CT molecular complexity index is 992. The molecule has 8 heteroatoms. The number of nitrogens with two attached hydrogens (primary N) is 1. The highest BCUT2D eigenvalue weighted by atomic mass is 127. The van der Waals surface area contributed by atoms with Gasteiger partial charge in [0.05, 0.1) is 11.3 Å². The van der Waals surface area contributed by atoms with Gasteiger partial charge in [0.15, 0.2) is 0 Å². The Kier molecular flexibility index (Phi) is 4.80. The first-order valence-electron chi connectivity index (χ1n) is 8.17. The van der Waals surface area contributed by atoms with E-state index in [2.05, 4.69) is 32.9 Å². The van der Waals surface area contributed by atoms with Gasteiger partial charge in [0.1, 0.15) is 15.6 Å². The van der Waals surface area contributed by atoms with Crippen LogP contribution < -0.4 is 11.1 Å². The molecule has 0 radical (unpaired) electrons. The number of carbonyl (C=O) groups is 1. The molecule has 3 heterocycles. The summed E-state index contributed by atoms with van der Waals surface area (Å²) in [5.41, 5.74) is 6.82. The van der Waals surface area contributed by atoms with Crippen molar-refractivity contribution in [3.05, 3.63) is 51.5 Å². The van der Waals surface area contributed by atoms with E-state index in [0.717, 1.165) is 20.2 Å². The van der Waals surface area contributed by atoms with Crippen LogP contribution >= 0.6 is 33.9 Å². The topological polar surface area (TPSA) is 71.2 Å². The molecule has 0 bridgehead atoms. The van der Waals surface area contributed by atoms with Crippen molar-refractivity contribution in [1.82, 2.24) is 9.88 Å². The monoisotopic (exact) mass is 482 g/mol. The third-order valence-corrected chi connectivity index (χ3v) is 6.07. The Balaban J connectivity index is 1.77. The van der Waals surface area contributed by atoms with Crippen LogP contribution in [0.5, 0.6) is 0 Å². The normalized spacial score (nSPS) is 17.0. The van der Waals surface area contributed by atoms with Crippen LogP contribution in [0.25, 0.3) is 10.2 Å². The molecule has 3 N–H and O–H groups in total. The molecule has 3 aromatic rings. The number of rotatable bonds is 3. The summed E-state index contributed by atoms with van der Waals surface area (Å²) in [6, 6.07) is 8.63. The maximum absolute atomic E-state index is 14.3. The Morgan fingerprint density at radius 1 is 1.42 bits per heavy atom. The molecule has 1 aromatic carbocycles. The van der Waals surface area contributed by atoms with Crippen LogP contribution in [-0.4, -0.2) is 34.9 Å². The lowest BCUT2D eigenvalue weighted by Gasteiger charge is -2.17. The summed E-state index contributed by atoms with van der Waals surface area (Å²) in [7, 11) is 0. The quantitative estimate of drug-likeness (QED) is 0.555. The number of anilines is 2. The first-order chi connectivity index (χ1) is 12.5. The van der Waals surface area contributed by atoms with Gasteiger partial charge in [-0.3, -0.25) is 4.79 Å². The van der Waals surface area contributed by atoms with Crippen molar-refractivity contribution in [1.29, 1.82) is 0 Å². The predicted molar refractivity (Wildman–Crippen MR) is 111 cm³/mol. The van der Waals surface area contributed by atoms with Crippen molar-refractivity contribution < 1.29 is 9.18 Å². The molecule has 5 nitrogen and oxygen atoms in total. The number of aromatic nitrogens is 1. The number of nitrogens with zero attached hydrogens (tertiary/aromatic N) is 2. The van der Waals surface area contributed by atoms with Crippen molar-refractivity contribution in [2.24, 2.45) is 5.73 Å². The van der Waals surface area contributed by atoms with Gasteiger partial charge in [-0.25, -0.2) is 9.37 Å². The number of thiophene rings is 1. The Morgan fingerprint density at radius 3 is 3.00 bits per heavy atom. The van der Waals surface area contributed by atoms with Crippen LogP contribution in [0.3, 0.4) is 0 Å². The molecule has 4 rings (SSSR count). The second-order valence-corrected chi connectivity index (χ2v) is 8.46. The molecule has 1 atom stereocenters. The van der Waals surface area contributed by atoms with E-state index in [9.17, 15) is 9.18 Å². The van der Waals surface area contributed by atoms with Crippen molar-refractivity contribution in [3.8, 4) is 0 Å². The number of likely N-dealkylation sites (tertiary alicyclic amines) is 1. The number of hydrogen-bond acceptors (Lipinski definition) is 5. The summed E-state index contributed by atoms with van der Waals surface area (Å²) in [6.45, 7) is 1.17. The average Bonchev–Trinajstić information content (AvgIpc) is 3.20. The van der Waals surface area contributed by atoms with Crippen molar-refractivity contribution in [2.45, 2.75) is 12.5 Å². The third-order valence-electron chi connectivity index (χ3n) is 4.37. The van der Waals surface area contributed by atoms with Crippen LogP contribution in [0.2, 0.25) is 0 Å². The summed E-state index contributed by atoms with van der Waals surface area (Å²) in [6.07, 6.45) is 2.48. The highest BCUT2D eigenvalue weighted by molar-refractivity contribution is 14.1. The Hall–Kier alpha value is -1.78. The van der Waals surface area contributed by atoms with Gasteiger partial charge in [-0.1, -0.05) is 11.3 Å². The lowest BCUT2D eigenvalue weighted by Crippen LogP contribution is -2.32. The van der Waals surface area contributed by atoms with Gasteiger partial charge in [-0.2, -0.15) is 0 Å². The van der Waals surface area contributed by atoms with Gasteiger partial charge >= 0.3 is 0 Å². The zero-order chi connectivity index (χ0) is 18.3. The molecule has 26 heavy (non-hydrogen) atoms. The number of hydrogen-bond donors (Lipinski definition) is 2. The van der Waals surface area contributed by atoms with Crippen LogP contribution in [0.1, 0.15) is 16.8 Å². The molecule has 1 aliphatic heterocycles. The van der Waals surface area contributed by atoms with Crippen molar-refractivity contribution >= 4 is 60.7 Å². The van der Waals surface area contributed by atoms with Crippen LogP contribution in [0.4, 0.5) is 15.1 Å². The van der Waals surface area contributed by atoms with E-state index in [-0.39, 0.29) is 17.8 Å². The number of carbonyl (C=O) groups excluding carboxylic acids is 1. The minimum absolute atomic E-state index is 0.00651. The van der Waals surface area contributed by atoms with E-state index < -0.39 is 0 Å². The maximum Gasteiger partial charge on any atom is 0.257 e. The predicted octanol–water partition coefficient (Wildman–Crippen LogP) is 3.96. The Labute approximate surface area is 167 Å². The van der Waals surface area contributed by atoms with Crippen LogP contribution in [0, 0.1) is 9.39 Å². The molecule has 1 aliphatic rings. The third kappa shape index (κ3) is 3.28. The molecule has 0 saturated carbocycles. The molecule has 0 aliphatic carbocycles. The molecule has 134 valence electrons. The standard InChI is InChI=1S/C18H16FIN4OS/c19-13-8-10(20)3-4-14(13)23-17-15(12-2-1-6-22-16(12)26-17)18(25)24-7-5-11(21)9-24/h1-4,6,8,11,23H,5,7,9,21H2/t11-/m1/s1. The Morgan fingerprint density at radius 2 is 2.27 bits per heavy atom. The largest absolute Gasteiger partial charge is 0.344 e. The molecule has 1 fully saturated rings. The molecule has 0 unspecified atom stereocenters. The number of fused-ring (bicyclic) bond motifs is 1. The fourth-order valence-corrected chi connectivity index (χ4v) is 4.58. The zero-order valence-corrected chi connectivity index (χ0v) is 16.7. The van der Waals surface area contributed by atoms with Gasteiger partial charge in [-0.15, -0.1) is 0 Å². The van der Waals surface area contributed by atoms with E-state index >= 15 is 0 Å². The molecule has 1 saturated heterocycles. The molecule has 1 amide bonds. The minimum atomic E-state index is -0.357. The van der Waals surface area contributed by atoms with Crippen LogP contribution in [0.15, 0.2) is 36.5 Å². The lowest BCUT2D eigenvalue weighted by atomic mass is 10.1. The smallest absolute Gasteiger partial charge is 0.257 e. The second kappa shape index (κ2) is 7.09. The van der Waals surface area contributed by atoms with Gasteiger partial charge in [0.25, 0.3) is 5.91 Å². The van der Waals surface area contributed by atoms with E-state index in [1.54, 1.807) is 23.2 Å². The summed E-state index contributed by atoms with van der Waals surface area (Å²) >= 11 is 3.41. The van der Waals surface area contributed by atoms with Crippen molar-refractivity contribution in [2.75, 3.05) is 18.4 Å². The molecule has 0 spiro atoms. The zero-order valence-electron chi connectivity index (χ0n) is 13.7. The van der Waals surface area contributed by atoms with Gasteiger partial charge in [-0.05, 0) is 59.3 Å². The fraction of sp³-hybridized carbons (Fsp3) is 0.222. The number of amides is 1. The first kappa shape index (κ1) is 17.6. The van der Waals surface area contributed by atoms with E-state index in [4.69, 9.17) is 5.73 Å². The van der Waals surface area contributed by atoms with Gasteiger partial charge < -0.3 is 16.0 Å². The molecular weight excluding hydrogens is 466 g/mol. The summed E-state index contributed by atoms with van der Waals surface area (Å²) in [5, 5.41) is 4.47. The second-order valence-electron chi connectivity index (χ2n) is 6.21. The highest BCUT2D eigenvalue weighted by Crippen LogP contribution is 2.38. The number of pyridine rings is 1. The lowest BCUT2D eigenvalue weighted by molar-refractivity contribution is 0.0794. The van der Waals surface area contributed by atoms with E-state index in [1.165, 1.54) is 17.4 Å².